The predicted molar refractivity (Wildman–Crippen MR) is 65.3 cm³/mol. The predicted octanol–water partition coefficient (Wildman–Crippen LogP) is 1.19. The van der Waals surface area contributed by atoms with Crippen LogP contribution in [0.3, 0.4) is 0 Å². The van der Waals surface area contributed by atoms with Gasteiger partial charge in [0.25, 0.3) is 5.65 Å². The van der Waals surface area contributed by atoms with Crippen LogP contribution in [-0.4, -0.2) is 19.4 Å². The Kier molecular flexibility index (Phi) is 1.44. The smallest absolute Gasteiger partial charge is 0.390 e. The molecular formula is C13H8N5O+. The molecule has 0 N–H and O–H groups in total. The first-order chi connectivity index (χ1) is 9.42. The van der Waals surface area contributed by atoms with E-state index >= 15 is 0 Å². The van der Waals surface area contributed by atoms with E-state index in [-0.39, 0.29) is 0 Å². The average Bonchev–Trinajstić information content (AvgIpc) is 3.07. The van der Waals surface area contributed by atoms with Gasteiger partial charge in [0.05, 0.1) is 5.56 Å². The van der Waals surface area contributed by atoms with Gasteiger partial charge < -0.3 is 4.42 Å². The monoisotopic (exact) mass is 250 g/mol. The van der Waals surface area contributed by atoms with Crippen molar-refractivity contribution in [1.29, 1.82) is 0 Å². The normalized spacial score (nSPS) is 13.1. The highest BCUT2D eigenvalue weighted by Crippen LogP contribution is 2.30. The van der Waals surface area contributed by atoms with Crippen LogP contribution in [0.1, 0.15) is 5.56 Å². The second kappa shape index (κ2) is 2.97. The number of pyridine rings is 1. The number of fused-ring (bicyclic) bond motifs is 7. The molecule has 5 heterocycles. The Hall–Kier alpha value is -2.76. The number of hydrogen-bond acceptors (Lipinski definition) is 4. The van der Waals surface area contributed by atoms with Crippen LogP contribution in [0.2, 0.25) is 0 Å². The van der Waals surface area contributed by atoms with Gasteiger partial charge in [-0.1, -0.05) is 0 Å². The van der Waals surface area contributed by atoms with E-state index in [9.17, 15) is 0 Å². The van der Waals surface area contributed by atoms with E-state index in [1.165, 1.54) is 5.56 Å². The molecular weight excluding hydrogens is 242 g/mol. The minimum Gasteiger partial charge on any atom is -0.396 e. The quantitative estimate of drug-likeness (QED) is 0.387. The molecule has 4 aromatic rings. The van der Waals surface area contributed by atoms with Crippen molar-refractivity contribution in [2.45, 2.75) is 6.54 Å². The van der Waals surface area contributed by atoms with E-state index < -0.39 is 0 Å². The van der Waals surface area contributed by atoms with Gasteiger partial charge in [0, 0.05) is 30.2 Å². The number of oxazole rings is 1. The first kappa shape index (κ1) is 9.21. The number of aromatic nitrogens is 5. The number of rotatable bonds is 0. The van der Waals surface area contributed by atoms with E-state index in [2.05, 4.69) is 19.5 Å². The molecule has 5 rings (SSSR count). The van der Waals surface area contributed by atoms with Gasteiger partial charge in [-0.3, -0.25) is 4.98 Å². The second-order valence-electron chi connectivity index (χ2n) is 4.58. The number of hydrogen-bond donors (Lipinski definition) is 0. The fourth-order valence-electron chi connectivity index (χ4n) is 2.65. The third kappa shape index (κ3) is 1.02. The summed E-state index contributed by atoms with van der Waals surface area (Å²) in [5.41, 5.74) is 4.67. The molecule has 0 saturated carbocycles. The first-order valence-corrected chi connectivity index (χ1v) is 5.99. The Morgan fingerprint density at radius 1 is 1.21 bits per heavy atom. The zero-order valence-electron chi connectivity index (χ0n) is 9.82. The van der Waals surface area contributed by atoms with Crippen LogP contribution in [0.5, 0.6) is 0 Å². The Morgan fingerprint density at radius 2 is 2.16 bits per heavy atom. The molecule has 19 heavy (non-hydrogen) atoms. The molecule has 0 bridgehead atoms. The van der Waals surface area contributed by atoms with Crippen LogP contribution in [0.15, 0.2) is 41.5 Å². The van der Waals surface area contributed by atoms with Crippen molar-refractivity contribution in [3.63, 3.8) is 0 Å². The van der Waals surface area contributed by atoms with E-state index in [4.69, 9.17) is 4.42 Å². The summed E-state index contributed by atoms with van der Waals surface area (Å²) in [6.07, 6.45) is 7.08. The Bertz CT molecular complexity index is 952. The van der Waals surface area contributed by atoms with Crippen LogP contribution in [0, 0.1) is 0 Å². The molecule has 6 nitrogen and oxygen atoms in total. The van der Waals surface area contributed by atoms with Gasteiger partial charge in [-0.15, -0.1) is 0 Å². The topological polar surface area (TPSA) is 60.1 Å². The molecule has 1 aliphatic rings. The van der Waals surface area contributed by atoms with E-state index in [0.717, 1.165) is 35.0 Å². The lowest BCUT2D eigenvalue weighted by Crippen LogP contribution is -2.30. The van der Waals surface area contributed by atoms with Crippen molar-refractivity contribution in [2.24, 2.45) is 0 Å². The molecule has 0 amide bonds. The maximum Gasteiger partial charge on any atom is 0.390 e. The van der Waals surface area contributed by atoms with Crippen molar-refractivity contribution in [1.82, 2.24) is 19.4 Å². The Balaban J connectivity index is 1.93. The summed E-state index contributed by atoms with van der Waals surface area (Å²) in [4.78, 5) is 12.9. The summed E-state index contributed by atoms with van der Waals surface area (Å²) in [5.74, 6) is 0.818. The van der Waals surface area contributed by atoms with Gasteiger partial charge >= 0.3 is 17.3 Å². The minimum atomic E-state index is 0.729. The SMILES string of the molecule is c1cc2c(cn1)-c1oc3c(nc4ccncn43)[n+]1C2. The highest BCUT2D eigenvalue weighted by atomic mass is 16.4. The molecule has 1 aliphatic heterocycles. The van der Waals surface area contributed by atoms with Crippen LogP contribution in [0.4, 0.5) is 0 Å². The van der Waals surface area contributed by atoms with Gasteiger partial charge in [0.15, 0.2) is 0 Å². The van der Waals surface area contributed by atoms with Crippen molar-refractivity contribution in [3.05, 3.63) is 42.6 Å². The van der Waals surface area contributed by atoms with E-state index in [0.29, 0.717) is 0 Å². The molecule has 0 aliphatic carbocycles. The third-order valence-electron chi connectivity index (χ3n) is 3.53. The molecule has 0 unspecified atom stereocenters. The highest BCUT2D eigenvalue weighted by Gasteiger charge is 2.34. The fraction of sp³-hybridized carbons (Fsp3) is 0.0769. The van der Waals surface area contributed by atoms with Crippen molar-refractivity contribution >= 4 is 17.0 Å². The average molecular weight is 250 g/mol. The number of nitrogens with zero attached hydrogens (tertiary/aromatic N) is 5. The zero-order valence-corrected chi connectivity index (χ0v) is 9.82. The molecule has 0 spiro atoms. The summed E-state index contributed by atoms with van der Waals surface area (Å²) >= 11 is 0. The minimum absolute atomic E-state index is 0.729. The Labute approximate surface area is 107 Å². The van der Waals surface area contributed by atoms with Gasteiger partial charge in [0.1, 0.15) is 12.9 Å². The third-order valence-corrected chi connectivity index (χ3v) is 3.53. The van der Waals surface area contributed by atoms with Crippen LogP contribution < -0.4 is 4.57 Å². The van der Waals surface area contributed by atoms with Crippen LogP contribution in [0.25, 0.3) is 28.5 Å². The van der Waals surface area contributed by atoms with Gasteiger partial charge in [-0.05, 0) is 11.1 Å². The summed E-state index contributed by atoms with van der Waals surface area (Å²) in [6.45, 7) is 0.775. The molecule has 0 saturated heterocycles. The van der Waals surface area contributed by atoms with E-state index in [1.807, 2.05) is 22.7 Å². The van der Waals surface area contributed by atoms with Crippen LogP contribution >= 0.6 is 0 Å². The maximum absolute atomic E-state index is 5.97. The van der Waals surface area contributed by atoms with Crippen molar-refractivity contribution in [2.75, 3.05) is 0 Å². The molecule has 4 aromatic heterocycles. The Morgan fingerprint density at radius 3 is 3.16 bits per heavy atom. The van der Waals surface area contributed by atoms with E-state index in [1.54, 1.807) is 18.7 Å². The standard InChI is InChI=1S/C13H8N5O/c1-3-14-5-9-8(1)6-17-11-13(19-12(9)17)18-7-15-4-2-10(18)16-11/h1-5,7H,6H2/q+1. The molecule has 0 aromatic carbocycles. The molecule has 90 valence electrons. The summed E-state index contributed by atoms with van der Waals surface area (Å²) in [7, 11) is 0. The first-order valence-electron chi connectivity index (χ1n) is 5.99. The molecule has 0 fully saturated rings. The second-order valence-corrected chi connectivity index (χ2v) is 4.58. The highest BCUT2D eigenvalue weighted by molar-refractivity contribution is 5.72. The zero-order chi connectivity index (χ0) is 12.4. The van der Waals surface area contributed by atoms with Crippen LogP contribution in [-0.2, 0) is 6.54 Å². The largest absolute Gasteiger partial charge is 0.396 e. The summed E-state index contributed by atoms with van der Waals surface area (Å²) in [6, 6.07) is 3.88. The summed E-state index contributed by atoms with van der Waals surface area (Å²) < 4.78 is 9.91. The van der Waals surface area contributed by atoms with Gasteiger partial charge in [0.2, 0.25) is 0 Å². The molecule has 0 atom stereocenters. The van der Waals surface area contributed by atoms with Gasteiger partial charge in [-0.2, -0.15) is 4.57 Å². The lowest BCUT2D eigenvalue weighted by molar-refractivity contribution is -0.651. The fourth-order valence-corrected chi connectivity index (χ4v) is 2.65. The molecule has 0 radical (unpaired) electrons. The number of imidazole rings is 1. The maximum atomic E-state index is 5.97. The lowest BCUT2D eigenvalue weighted by Gasteiger charge is -1.91. The lowest BCUT2D eigenvalue weighted by atomic mass is 10.2. The van der Waals surface area contributed by atoms with Crippen molar-refractivity contribution in [3.8, 4) is 11.5 Å². The van der Waals surface area contributed by atoms with Crippen molar-refractivity contribution < 1.29 is 8.98 Å². The van der Waals surface area contributed by atoms with Gasteiger partial charge in [-0.25, -0.2) is 9.38 Å². The molecule has 6 heteroatoms. The summed E-state index contributed by atoms with van der Waals surface area (Å²) in [5, 5.41) is 0.